The summed E-state index contributed by atoms with van der Waals surface area (Å²) in [6, 6.07) is 7.41. The van der Waals surface area contributed by atoms with Crippen molar-refractivity contribution in [2.75, 3.05) is 13.2 Å². The van der Waals surface area contributed by atoms with Crippen molar-refractivity contribution in [3.63, 3.8) is 0 Å². The lowest BCUT2D eigenvalue weighted by molar-refractivity contribution is -0.00579. The number of carbonyl (C=O) groups excluding carboxylic acids is 1. The Hall–Kier alpha value is -1.35. The second kappa shape index (κ2) is 8.18. The zero-order valence-electron chi connectivity index (χ0n) is 13.1. The molecule has 0 aromatic heterocycles. The predicted molar refractivity (Wildman–Crippen MR) is 83.9 cm³/mol. The van der Waals surface area contributed by atoms with Crippen molar-refractivity contribution in [1.29, 1.82) is 0 Å². The molecule has 3 nitrogen and oxygen atoms in total. The Morgan fingerprint density at radius 3 is 2.71 bits per heavy atom. The minimum Gasteiger partial charge on any atom is -0.493 e. The second-order valence-corrected chi connectivity index (χ2v) is 5.65. The Bertz CT molecular complexity index is 456. The van der Waals surface area contributed by atoms with Gasteiger partial charge in [-0.2, -0.15) is 0 Å². The first kappa shape index (κ1) is 16.0. The Morgan fingerprint density at radius 2 is 1.95 bits per heavy atom. The number of hydrogen-bond donors (Lipinski definition) is 0. The summed E-state index contributed by atoms with van der Waals surface area (Å²) in [4.78, 5) is 12.4. The van der Waals surface area contributed by atoms with E-state index in [1.807, 2.05) is 31.2 Å². The maximum atomic E-state index is 12.4. The molecule has 1 saturated carbocycles. The smallest absolute Gasteiger partial charge is 0.192 e. The molecule has 2 atom stereocenters. The minimum absolute atomic E-state index is 0.0134. The highest BCUT2D eigenvalue weighted by molar-refractivity contribution is 5.99. The van der Waals surface area contributed by atoms with E-state index < -0.39 is 0 Å². The van der Waals surface area contributed by atoms with E-state index in [9.17, 15) is 4.79 Å². The van der Waals surface area contributed by atoms with Crippen LogP contribution in [-0.2, 0) is 4.74 Å². The second-order valence-electron chi connectivity index (χ2n) is 5.65. The molecule has 0 bridgehead atoms. The van der Waals surface area contributed by atoms with Gasteiger partial charge in [0, 0.05) is 0 Å². The Kier molecular flexibility index (Phi) is 6.24. The first-order chi connectivity index (χ1) is 10.3. The quantitative estimate of drug-likeness (QED) is 0.704. The fourth-order valence-corrected chi connectivity index (χ4v) is 3.10. The average molecular weight is 290 g/mol. The molecule has 1 aliphatic rings. The van der Waals surface area contributed by atoms with E-state index in [2.05, 4.69) is 6.92 Å². The number of carbonyl (C=O) groups is 1. The predicted octanol–water partition coefficient (Wildman–Crippen LogP) is 4.25. The lowest BCUT2D eigenvalue weighted by Gasteiger charge is -2.30. The first-order valence-corrected chi connectivity index (χ1v) is 8.12. The maximum absolute atomic E-state index is 12.4. The third-order valence-electron chi connectivity index (χ3n) is 4.28. The number of rotatable bonds is 7. The number of ether oxygens (including phenoxy) is 2. The van der Waals surface area contributed by atoms with Gasteiger partial charge in [0.05, 0.1) is 18.3 Å². The normalized spacial score (nSPS) is 22.0. The molecule has 116 valence electrons. The summed E-state index contributed by atoms with van der Waals surface area (Å²) < 4.78 is 11.4. The highest BCUT2D eigenvalue weighted by Crippen LogP contribution is 2.29. The van der Waals surface area contributed by atoms with Crippen LogP contribution in [0.15, 0.2) is 24.3 Å². The van der Waals surface area contributed by atoms with Gasteiger partial charge in [-0.05, 0) is 37.8 Å². The summed E-state index contributed by atoms with van der Waals surface area (Å²) in [6.45, 7) is 4.85. The van der Waals surface area contributed by atoms with Gasteiger partial charge in [0.25, 0.3) is 0 Å². The van der Waals surface area contributed by atoms with Crippen molar-refractivity contribution in [1.82, 2.24) is 0 Å². The van der Waals surface area contributed by atoms with Crippen LogP contribution >= 0.6 is 0 Å². The first-order valence-electron chi connectivity index (χ1n) is 8.12. The fourth-order valence-electron chi connectivity index (χ4n) is 3.10. The van der Waals surface area contributed by atoms with Gasteiger partial charge in [0.1, 0.15) is 12.4 Å². The zero-order chi connectivity index (χ0) is 15.1. The van der Waals surface area contributed by atoms with Crippen LogP contribution in [0.4, 0.5) is 0 Å². The molecule has 2 unspecified atom stereocenters. The van der Waals surface area contributed by atoms with Crippen LogP contribution in [0.2, 0.25) is 0 Å². The molecule has 21 heavy (non-hydrogen) atoms. The van der Waals surface area contributed by atoms with E-state index >= 15 is 0 Å². The molecule has 1 aliphatic carbocycles. The standard InChI is InChI=1S/C18H26O3/c1-3-14-9-5-7-11-17(14)21-13-16(19)15-10-6-8-12-18(15)20-4-2/h6,8,10,12,14,17H,3-5,7,9,11,13H2,1-2H3. The van der Waals surface area contributed by atoms with Crippen molar-refractivity contribution >= 4 is 5.78 Å². The van der Waals surface area contributed by atoms with Gasteiger partial charge >= 0.3 is 0 Å². The number of ketones is 1. The summed E-state index contributed by atoms with van der Waals surface area (Å²) in [5.74, 6) is 1.28. The Morgan fingerprint density at radius 1 is 1.19 bits per heavy atom. The zero-order valence-corrected chi connectivity index (χ0v) is 13.1. The van der Waals surface area contributed by atoms with Crippen molar-refractivity contribution in [3.8, 4) is 5.75 Å². The summed E-state index contributed by atoms with van der Waals surface area (Å²) in [7, 11) is 0. The summed E-state index contributed by atoms with van der Waals surface area (Å²) in [6.07, 6.45) is 6.19. The van der Waals surface area contributed by atoms with Crippen LogP contribution in [-0.4, -0.2) is 25.1 Å². The number of benzene rings is 1. The molecule has 1 aromatic rings. The molecule has 0 spiro atoms. The lowest BCUT2D eigenvalue weighted by Crippen LogP contribution is -2.29. The average Bonchev–Trinajstić information content (AvgIpc) is 2.53. The van der Waals surface area contributed by atoms with E-state index in [1.54, 1.807) is 0 Å². The maximum Gasteiger partial charge on any atom is 0.192 e. The molecule has 2 rings (SSSR count). The van der Waals surface area contributed by atoms with Crippen LogP contribution in [0.1, 0.15) is 56.3 Å². The van der Waals surface area contributed by atoms with Gasteiger partial charge in [0.2, 0.25) is 0 Å². The summed E-state index contributed by atoms with van der Waals surface area (Å²) in [5.41, 5.74) is 0.628. The van der Waals surface area contributed by atoms with Crippen LogP contribution in [0.3, 0.4) is 0 Å². The topological polar surface area (TPSA) is 35.5 Å². The number of Topliss-reactive ketones (excluding diaryl/α,β-unsaturated/α-hetero) is 1. The molecular weight excluding hydrogens is 264 g/mol. The fraction of sp³-hybridized carbons (Fsp3) is 0.611. The summed E-state index contributed by atoms with van der Waals surface area (Å²) >= 11 is 0. The third kappa shape index (κ3) is 4.31. The van der Waals surface area contributed by atoms with Gasteiger partial charge in [-0.25, -0.2) is 0 Å². The minimum atomic E-state index is 0.0134. The third-order valence-corrected chi connectivity index (χ3v) is 4.28. The van der Waals surface area contributed by atoms with Crippen LogP contribution in [0, 0.1) is 5.92 Å². The molecule has 0 aliphatic heterocycles. The van der Waals surface area contributed by atoms with Gasteiger partial charge < -0.3 is 9.47 Å². The monoisotopic (exact) mass is 290 g/mol. The van der Waals surface area contributed by atoms with Crippen molar-refractivity contribution in [2.24, 2.45) is 5.92 Å². The summed E-state index contributed by atoms with van der Waals surface area (Å²) in [5, 5.41) is 0. The van der Waals surface area contributed by atoms with Crippen molar-refractivity contribution < 1.29 is 14.3 Å². The van der Waals surface area contributed by atoms with Crippen molar-refractivity contribution in [3.05, 3.63) is 29.8 Å². The highest BCUT2D eigenvalue weighted by atomic mass is 16.5. The molecule has 1 aromatic carbocycles. The van der Waals surface area contributed by atoms with E-state index in [1.165, 1.54) is 19.3 Å². The molecule has 3 heteroatoms. The molecule has 0 saturated heterocycles. The SMILES string of the molecule is CCOc1ccccc1C(=O)COC1CCCCC1CC. The van der Waals surface area contributed by atoms with Crippen molar-refractivity contribution in [2.45, 2.75) is 52.1 Å². The molecule has 1 fully saturated rings. The highest BCUT2D eigenvalue weighted by Gasteiger charge is 2.25. The lowest BCUT2D eigenvalue weighted by atomic mass is 9.85. The van der Waals surface area contributed by atoms with Gasteiger partial charge in [-0.3, -0.25) is 4.79 Å². The Balaban J connectivity index is 1.95. The van der Waals surface area contributed by atoms with E-state index in [-0.39, 0.29) is 18.5 Å². The van der Waals surface area contributed by atoms with Gasteiger partial charge in [0.15, 0.2) is 5.78 Å². The van der Waals surface area contributed by atoms with E-state index in [0.717, 1.165) is 12.8 Å². The largest absolute Gasteiger partial charge is 0.493 e. The van der Waals surface area contributed by atoms with Crippen LogP contribution in [0.25, 0.3) is 0 Å². The van der Waals surface area contributed by atoms with E-state index in [4.69, 9.17) is 9.47 Å². The number of hydrogen-bond acceptors (Lipinski definition) is 3. The number of para-hydroxylation sites is 1. The Labute approximate surface area is 127 Å². The van der Waals surface area contributed by atoms with Crippen LogP contribution < -0.4 is 4.74 Å². The molecular formula is C18H26O3. The van der Waals surface area contributed by atoms with Gasteiger partial charge in [-0.1, -0.05) is 38.3 Å². The molecule has 0 N–H and O–H groups in total. The molecule has 0 radical (unpaired) electrons. The van der Waals surface area contributed by atoms with Gasteiger partial charge in [-0.15, -0.1) is 0 Å². The van der Waals surface area contributed by atoms with Crippen LogP contribution in [0.5, 0.6) is 5.75 Å². The van der Waals surface area contributed by atoms with E-state index in [0.29, 0.717) is 23.8 Å². The molecule has 0 amide bonds. The molecule has 0 heterocycles.